The van der Waals surface area contributed by atoms with Gasteiger partial charge in [-0.2, -0.15) is 0 Å². The molecule has 1 aliphatic carbocycles. The van der Waals surface area contributed by atoms with Gasteiger partial charge in [-0.05, 0) is 32.2 Å². The zero-order chi connectivity index (χ0) is 12.0. The Kier molecular flexibility index (Phi) is 5.77. The van der Waals surface area contributed by atoms with Gasteiger partial charge < -0.3 is 5.73 Å². The Labute approximate surface area is 102 Å². The van der Waals surface area contributed by atoms with E-state index in [4.69, 9.17) is 5.73 Å². The molecule has 0 saturated heterocycles. The Morgan fingerprint density at radius 3 is 2.06 bits per heavy atom. The number of hydrogen-bond acceptors (Lipinski definition) is 2. The van der Waals surface area contributed by atoms with Crippen LogP contribution in [0, 0.1) is 0 Å². The third-order valence-electron chi connectivity index (χ3n) is 4.42. The second kappa shape index (κ2) is 6.61. The lowest BCUT2D eigenvalue weighted by molar-refractivity contribution is 0.124. The zero-order valence-electron chi connectivity index (χ0n) is 11.5. The first kappa shape index (κ1) is 14.0. The molecule has 1 fully saturated rings. The molecule has 0 spiro atoms. The first-order valence-electron chi connectivity index (χ1n) is 7.18. The van der Waals surface area contributed by atoms with E-state index in [1.807, 2.05) is 0 Å². The summed E-state index contributed by atoms with van der Waals surface area (Å²) in [6.45, 7) is 8.96. The van der Waals surface area contributed by atoms with Crippen molar-refractivity contribution in [3.05, 3.63) is 0 Å². The molecule has 2 N–H and O–H groups in total. The molecule has 0 heterocycles. The third kappa shape index (κ3) is 3.74. The van der Waals surface area contributed by atoms with Crippen molar-refractivity contribution in [3.63, 3.8) is 0 Å². The van der Waals surface area contributed by atoms with Crippen molar-refractivity contribution in [1.29, 1.82) is 0 Å². The van der Waals surface area contributed by atoms with Gasteiger partial charge in [0.25, 0.3) is 0 Å². The molecule has 2 nitrogen and oxygen atoms in total. The molecule has 0 aromatic heterocycles. The second-order valence-electron chi connectivity index (χ2n) is 5.42. The molecule has 96 valence electrons. The SMILES string of the molecule is CCN(CC(N)(CC)CC)C1CCCCC1. The maximum Gasteiger partial charge on any atom is 0.0278 e. The summed E-state index contributed by atoms with van der Waals surface area (Å²) >= 11 is 0. The smallest absolute Gasteiger partial charge is 0.0278 e. The fraction of sp³-hybridized carbons (Fsp3) is 1.00. The van der Waals surface area contributed by atoms with Crippen molar-refractivity contribution in [3.8, 4) is 0 Å². The monoisotopic (exact) mass is 226 g/mol. The summed E-state index contributed by atoms with van der Waals surface area (Å²) in [7, 11) is 0. The average molecular weight is 226 g/mol. The zero-order valence-corrected chi connectivity index (χ0v) is 11.5. The fourth-order valence-corrected chi connectivity index (χ4v) is 2.82. The highest BCUT2D eigenvalue weighted by atomic mass is 15.2. The average Bonchev–Trinajstić information content (AvgIpc) is 2.36. The Hall–Kier alpha value is -0.0800. The lowest BCUT2D eigenvalue weighted by Gasteiger charge is -2.39. The van der Waals surface area contributed by atoms with Crippen molar-refractivity contribution in [1.82, 2.24) is 4.90 Å². The molecule has 16 heavy (non-hydrogen) atoms. The summed E-state index contributed by atoms with van der Waals surface area (Å²) < 4.78 is 0. The lowest BCUT2D eigenvalue weighted by Crippen LogP contribution is -2.52. The largest absolute Gasteiger partial charge is 0.324 e. The van der Waals surface area contributed by atoms with E-state index in [-0.39, 0.29) is 5.54 Å². The highest BCUT2D eigenvalue weighted by Crippen LogP contribution is 2.24. The van der Waals surface area contributed by atoms with E-state index < -0.39 is 0 Å². The first-order valence-corrected chi connectivity index (χ1v) is 7.18. The van der Waals surface area contributed by atoms with Gasteiger partial charge >= 0.3 is 0 Å². The number of nitrogens with zero attached hydrogens (tertiary/aromatic N) is 1. The summed E-state index contributed by atoms with van der Waals surface area (Å²) in [6, 6.07) is 0.805. The number of nitrogens with two attached hydrogens (primary N) is 1. The molecule has 1 aliphatic rings. The van der Waals surface area contributed by atoms with Crippen LogP contribution in [0.3, 0.4) is 0 Å². The number of rotatable bonds is 6. The van der Waals surface area contributed by atoms with Crippen molar-refractivity contribution in [2.75, 3.05) is 13.1 Å². The van der Waals surface area contributed by atoms with E-state index in [0.717, 1.165) is 32.0 Å². The third-order valence-corrected chi connectivity index (χ3v) is 4.42. The predicted molar refractivity (Wildman–Crippen MR) is 71.6 cm³/mol. The van der Waals surface area contributed by atoms with E-state index in [1.165, 1.54) is 32.1 Å². The van der Waals surface area contributed by atoms with Gasteiger partial charge in [0, 0.05) is 18.1 Å². The number of hydrogen-bond donors (Lipinski definition) is 1. The van der Waals surface area contributed by atoms with Crippen molar-refractivity contribution >= 4 is 0 Å². The van der Waals surface area contributed by atoms with Crippen LogP contribution in [0.1, 0.15) is 65.7 Å². The van der Waals surface area contributed by atoms with Crippen LogP contribution < -0.4 is 5.73 Å². The minimum Gasteiger partial charge on any atom is -0.324 e. The van der Waals surface area contributed by atoms with Gasteiger partial charge in [0.15, 0.2) is 0 Å². The fourth-order valence-electron chi connectivity index (χ4n) is 2.82. The molecule has 0 aromatic rings. The van der Waals surface area contributed by atoms with Crippen LogP contribution >= 0.6 is 0 Å². The van der Waals surface area contributed by atoms with E-state index >= 15 is 0 Å². The van der Waals surface area contributed by atoms with Gasteiger partial charge in [0.1, 0.15) is 0 Å². The maximum atomic E-state index is 6.44. The van der Waals surface area contributed by atoms with Crippen LogP contribution in [-0.4, -0.2) is 29.6 Å². The predicted octanol–water partition coefficient (Wildman–Crippen LogP) is 3.16. The molecule has 0 aromatic carbocycles. The van der Waals surface area contributed by atoms with E-state index in [2.05, 4.69) is 25.7 Å². The minimum absolute atomic E-state index is 0.0352. The molecule has 0 aliphatic heterocycles. The van der Waals surface area contributed by atoms with Crippen LogP contribution in [0.5, 0.6) is 0 Å². The molecular formula is C14H30N2. The highest BCUT2D eigenvalue weighted by Gasteiger charge is 2.27. The Bertz CT molecular complexity index is 181. The normalized spacial score (nSPS) is 19.3. The molecule has 1 saturated carbocycles. The van der Waals surface area contributed by atoms with Crippen LogP contribution in [-0.2, 0) is 0 Å². The standard InChI is InChI=1S/C14H30N2/c1-4-14(15,5-2)12-16(6-3)13-10-8-7-9-11-13/h13H,4-12,15H2,1-3H3. The van der Waals surface area contributed by atoms with Gasteiger partial charge in [0.05, 0.1) is 0 Å². The number of likely N-dealkylation sites (N-methyl/N-ethyl adjacent to an activating group) is 1. The van der Waals surface area contributed by atoms with Gasteiger partial charge in [-0.3, -0.25) is 4.90 Å². The summed E-state index contributed by atoms with van der Waals surface area (Å²) in [5.41, 5.74) is 6.47. The van der Waals surface area contributed by atoms with Crippen LogP contribution in [0.2, 0.25) is 0 Å². The van der Waals surface area contributed by atoms with Gasteiger partial charge in [-0.25, -0.2) is 0 Å². The second-order valence-corrected chi connectivity index (χ2v) is 5.42. The Balaban J connectivity index is 2.52. The van der Waals surface area contributed by atoms with Gasteiger partial charge in [-0.15, -0.1) is 0 Å². The van der Waals surface area contributed by atoms with Crippen molar-refractivity contribution in [2.45, 2.75) is 77.3 Å². The summed E-state index contributed by atoms with van der Waals surface area (Å²) in [6.07, 6.45) is 9.21. The van der Waals surface area contributed by atoms with Gasteiger partial charge in [0.2, 0.25) is 0 Å². The molecule has 0 amide bonds. The quantitative estimate of drug-likeness (QED) is 0.754. The van der Waals surface area contributed by atoms with Crippen LogP contribution in [0.4, 0.5) is 0 Å². The minimum atomic E-state index is 0.0352. The maximum absolute atomic E-state index is 6.44. The van der Waals surface area contributed by atoms with E-state index in [0.29, 0.717) is 0 Å². The molecule has 0 unspecified atom stereocenters. The molecule has 0 bridgehead atoms. The van der Waals surface area contributed by atoms with Gasteiger partial charge in [-0.1, -0.05) is 40.0 Å². The Morgan fingerprint density at radius 1 is 1.06 bits per heavy atom. The summed E-state index contributed by atoms with van der Waals surface area (Å²) in [5, 5.41) is 0. The van der Waals surface area contributed by atoms with Crippen LogP contribution in [0.15, 0.2) is 0 Å². The molecular weight excluding hydrogens is 196 g/mol. The molecule has 1 rings (SSSR count). The van der Waals surface area contributed by atoms with E-state index in [9.17, 15) is 0 Å². The first-order chi connectivity index (χ1) is 7.65. The lowest BCUT2D eigenvalue weighted by atomic mass is 9.89. The molecule has 2 heteroatoms. The van der Waals surface area contributed by atoms with Crippen LogP contribution in [0.25, 0.3) is 0 Å². The topological polar surface area (TPSA) is 29.3 Å². The molecule has 0 atom stereocenters. The Morgan fingerprint density at radius 2 is 1.62 bits per heavy atom. The molecule has 0 radical (unpaired) electrons. The van der Waals surface area contributed by atoms with E-state index in [1.54, 1.807) is 0 Å². The van der Waals surface area contributed by atoms with Crippen molar-refractivity contribution in [2.24, 2.45) is 5.73 Å². The van der Waals surface area contributed by atoms with Crippen molar-refractivity contribution < 1.29 is 0 Å². The summed E-state index contributed by atoms with van der Waals surface area (Å²) in [4.78, 5) is 2.63. The summed E-state index contributed by atoms with van der Waals surface area (Å²) in [5.74, 6) is 0. The highest BCUT2D eigenvalue weighted by molar-refractivity contribution is 4.87.